The molecule has 1 aliphatic carbocycles. The average Bonchev–Trinajstić information content (AvgIpc) is 2.98. The number of fused-ring (bicyclic) bond motifs is 1. The lowest BCUT2D eigenvalue weighted by Gasteiger charge is -2.30. The highest BCUT2D eigenvalue weighted by Gasteiger charge is 2.50. The summed E-state index contributed by atoms with van der Waals surface area (Å²) < 4.78 is 0. The molecule has 1 saturated heterocycles. The first-order valence-corrected chi connectivity index (χ1v) is 9.58. The van der Waals surface area contributed by atoms with Crippen molar-refractivity contribution in [3.8, 4) is 0 Å². The van der Waals surface area contributed by atoms with Crippen molar-refractivity contribution in [1.29, 1.82) is 0 Å². The zero-order valence-corrected chi connectivity index (χ0v) is 15.9. The number of nitrogens with zero attached hydrogens (tertiary/aromatic N) is 2. The summed E-state index contributed by atoms with van der Waals surface area (Å²) in [5, 5.41) is 2.84. The van der Waals surface area contributed by atoms with Crippen molar-refractivity contribution >= 4 is 29.3 Å². The Morgan fingerprint density at radius 2 is 1.50 bits per heavy atom. The normalized spacial score (nSPS) is 21.0. The second kappa shape index (κ2) is 7.60. The Hall–Kier alpha value is -2.92. The monoisotopic (exact) mass is 394 g/mol. The van der Waals surface area contributed by atoms with Crippen molar-refractivity contribution in [1.82, 2.24) is 10.0 Å². The van der Waals surface area contributed by atoms with Gasteiger partial charge in [0.1, 0.15) is 0 Å². The lowest BCUT2D eigenvalue weighted by atomic mass is 9.85. The summed E-state index contributed by atoms with van der Waals surface area (Å²) in [7, 11) is 0. The van der Waals surface area contributed by atoms with Gasteiger partial charge in [-0.1, -0.05) is 54.1 Å². The Morgan fingerprint density at radius 1 is 0.929 bits per heavy atom. The molecular formula is C22H19ClN2O3. The maximum atomic E-state index is 13.3. The van der Waals surface area contributed by atoms with Crippen LogP contribution in [0.5, 0.6) is 0 Å². The van der Waals surface area contributed by atoms with Crippen LogP contribution in [0.3, 0.4) is 0 Å². The lowest BCUT2D eigenvalue weighted by molar-refractivity contribution is -0.155. The van der Waals surface area contributed by atoms with E-state index < -0.39 is 17.7 Å². The van der Waals surface area contributed by atoms with E-state index >= 15 is 0 Å². The summed E-state index contributed by atoms with van der Waals surface area (Å²) >= 11 is 5.93. The fraction of sp³-hybridized carbons (Fsp3) is 0.227. The second-order valence-corrected chi connectivity index (χ2v) is 7.44. The molecule has 142 valence electrons. The number of hydrogen-bond donors (Lipinski definition) is 0. The minimum atomic E-state index is -0.408. The summed E-state index contributed by atoms with van der Waals surface area (Å²) in [6.45, 7) is 0.132. The molecule has 0 aromatic heterocycles. The molecule has 4 rings (SSSR count). The third kappa shape index (κ3) is 3.34. The van der Waals surface area contributed by atoms with Gasteiger partial charge in [-0.3, -0.25) is 14.4 Å². The number of carbonyl (C=O) groups excluding carboxylic acids is 3. The molecular weight excluding hydrogens is 376 g/mol. The van der Waals surface area contributed by atoms with Crippen LogP contribution >= 0.6 is 11.6 Å². The molecule has 5 nitrogen and oxygen atoms in total. The molecule has 1 aliphatic heterocycles. The van der Waals surface area contributed by atoms with E-state index in [2.05, 4.69) is 0 Å². The van der Waals surface area contributed by atoms with Crippen molar-refractivity contribution in [3.63, 3.8) is 0 Å². The van der Waals surface area contributed by atoms with Crippen LogP contribution in [0.25, 0.3) is 0 Å². The molecule has 2 aromatic rings. The molecule has 0 spiro atoms. The van der Waals surface area contributed by atoms with E-state index in [1.54, 1.807) is 24.3 Å². The highest BCUT2D eigenvalue weighted by molar-refractivity contribution is 6.30. The molecule has 0 radical (unpaired) electrons. The molecule has 6 heteroatoms. The van der Waals surface area contributed by atoms with Crippen LogP contribution in [0.15, 0.2) is 66.7 Å². The van der Waals surface area contributed by atoms with Crippen LogP contribution < -0.4 is 0 Å². The van der Waals surface area contributed by atoms with Crippen molar-refractivity contribution < 1.29 is 14.4 Å². The molecule has 2 atom stereocenters. The lowest BCUT2D eigenvalue weighted by Crippen LogP contribution is -2.49. The molecule has 0 saturated carbocycles. The zero-order valence-electron chi connectivity index (χ0n) is 15.1. The van der Waals surface area contributed by atoms with Gasteiger partial charge in [0, 0.05) is 10.6 Å². The van der Waals surface area contributed by atoms with E-state index in [-0.39, 0.29) is 18.4 Å². The van der Waals surface area contributed by atoms with Gasteiger partial charge in [-0.2, -0.15) is 5.01 Å². The summed E-state index contributed by atoms with van der Waals surface area (Å²) in [4.78, 5) is 39.3. The topological polar surface area (TPSA) is 57.7 Å². The summed E-state index contributed by atoms with van der Waals surface area (Å²) in [6.07, 6.45) is 4.91. The van der Waals surface area contributed by atoms with Crippen molar-refractivity contribution in [2.75, 3.05) is 0 Å². The van der Waals surface area contributed by atoms with Gasteiger partial charge in [0.2, 0.25) is 0 Å². The average molecular weight is 395 g/mol. The molecule has 1 fully saturated rings. The Morgan fingerprint density at radius 3 is 2.07 bits per heavy atom. The van der Waals surface area contributed by atoms with Gasteiger partial charge in [-0.05, 0) is 42.7 Å². The van der Waals surface area contributed by atoms with Crippen LogP contribution in [0.2, 0.25) is 5.02 Å². The summed E-state index contributed by atoms with van der Waals surface area (Å²) in [6, 6.07) is 15.8. The van der Waals surface area contributed by atoms with Gasteiger partial charge >= 0.3 is 0 Å². The predicted molar refractivity (Wildman–Crippen MR) is 105 cm³/mol. The van der Waals surface area contributed by atoms with E-state index in [1.165, 1.54) is 5.01 Å². The van der Waals surface area contributed by atoms with Crippen molar-refractivity contribution in [2.24, 2.45) is 11.8 Å². The van der Waals surface area contributed by atoms with E-state index in [4.69, 9.17) is 11.6 Å². The highest BCUT2D eigenvalue weighted by Crippen LogP contribution is 2.36. The Labute approximate surface area is 168 Å². The molecule has 0 unspecified atom stereocenters. The third-order valence-electron chi connectivity index (χ3n) is 5.23. The highest BCUT2D eigenvalue weighted by atomic mass is 35.5. The zero-order chi connectivity index (χ0) is 19.7. The van der Waals surface area contributed by atoms with Gasteiger partial charge in [-0.25, -0.2) is 5.01 Å². The number of imide groups is 1. The van der Waals surface area contributed by atoms with E-state index in [0.29, 0.717) is 23.4 Å². The van der Waals surface area contributed by atoms with Gasteiger partial charge in [-0.15, -0.1) is 0 Å². The Balaban J connectivity index is 1.70. The standard InChI is InChI=1S/C22H19ClN2O3/c23-17-12-10-16(11-13-17)20(26)24(14-15-6-2-1-3-7-15)25-21(27)18-8-4-5-9-19(18)22(25)28/h1-7,10-13,18-19H,8-9,14H2/t18-,19-/m0/s1. The van der Waals surface area contributed by atoms with E-state index in [0.717, 1.165) is 10.6 Å². The van der Waals surface area contributed by atoms with Crippen LogP contribution in [0.4, 0.5) is 0 Å². The molecule has 2 aromatic carbocycles. The largest absolute Gasteiger partial charge is 0.273 e. The number of hydrogen-bond acceptors (Lipinski definition) is 3. The van der Waals surface area contributed by atoms with Crippen LogP contribution in [0.1, 0.15) is 28.8 Å². The maximum absolute atomic E-state index is 13.3. The molecule has 0 N–H and O–H groups in total. The number of carbonyl (C=O) groups is 3. The first-order chi connectivity index (χ1) is 13.6. The quantitative estimate of drug-likeness (QED) is 0.584. The van der Waals surface area contributed by atoms with Crippen molar-refractivity contribution in [3.05, 3.63) is 82.9 Å². The van der Waals surface area contributed by atoms with Crippen LogP contribution in [-0.4, -0.2) is 27.7 Å². The third-order valence-corrected chi connectivity index (χ3v) is 5.48. The predicted octanol–water partition coefficient (Wildman–Crippen LogP) is 3.85. The molecule has 1 heterocycles. The number of amides is 3. The smallest absolute Gasteiger partial charge is 0.272 e. The van der Waals surface area contributed by atoms with E-state index in [9.17, 15) is 14.4 Å². The first kappa shape index (κ1) is 18.4. The molecule has 2 aliphatic rings. The van der Waals surface area contributed by atoms with Gasteiger partial charge in [0.15, 0.2) is 0 Å². The Bertz CT molecular complexity index is 914. The molecule has 28 heavy (non-hydrogen) atoms. The van der Waals surface area contributed by atoms with Gasteiger partial charge < -0.3 is 0 Å². The molecule has 0 bridgehead atoms. The fourth-order valence-electron chi connectivity index (χ4n) is 3.75. The number of hydrazine groups is 1. The SMILES string of the molecule is O=C(c1ccc(Cl)cc1)N(Cc1ccccc1)N1C(=O)[C@H]2CC=CC[C@@H]2C1=O. The second-order valence-electron chi connectivity index (χ2n) is 7.00. The minimum absolute atomic E-state index is 0.132. The first-order valence-electron chi connectivity index (χ1n) is 9.20. The van der Waals surface area contributed by atoms with Gasteiger partial charge in [0.05, 0.1) is 18.4 Å². The summed E-state index contributed by atoms with van der Waals surface area (Å²) in [5.41, 5.74) is 1.20. The minimum Gasteiger partial charge on any atom is -0.272 e. The number of benzene rings is 2. The fourth-order valence-corrected chi connectivity index (χ4v) is 3.88. The summed E-state index contributed by atoms with van der Waals surface area (Å²) in [5.74, 6) is -1.81. The van der Waals surface area contributed by atoms with Crippen LogP contribution in [-0.2, 0) is 16.1 Å². The van der Waals surface area contributed by atoms with Crippen molar-refractivity contribution in [2.45, 2.75) is 19.4 Å². The Kier molecular flexibility index (Phi) is 5.01. The van der Waals surface area contributed by atoms with E-state index in [1.807, 2.05) is 42.5 Å². The van der Waals surface area contributed by atoms with Crippen LogP contribution in [0, 0.1) is 11.8 Å². The maximum Gasteiger partial charge on any atom is 0.273 e. The number of allylic oxidation sites excluding steroid dienone is 2. The number of halogens is 1. The number of rotatable bonds is 4. The van der Waals surface area contributed by atoms with Gasteiger partial charge in [0.25, 0.3) is 17.7 Å². The molecule has 3 amide bonds.